The number of rotatable bonds is 7. The van der Waals surface area contributed by atoms with Gasteiger partial charge in [0.1, 0.15) is 5.82 Å². The number of likely N-dealkylation sites (tertiary alicyclic amines) is 1. The van der Waals surface area contributed by atoms with Gasteiger partial charge in [0, 0.05) is 36.7 Å². The van der Waals surface area contributed by atoms with Gasteiger partial charge in [0.25, 0.3) is 17.9 Å². The summed E-state index contributed by atoms with van der Waals surface area (Å²) in [7, 11) is 2.05. The number of fused-ring (bicyclic) bond motifs is 1. The summed E-state index contributed by atoms with van der Waals surface area (Å²) in [6, 6.07) is 4.45. The van der Waals surface area contributed by atoms with Crippen LogP contribution >= 0.6 is 0 Å². The van der Waals surface area contributed by atoms with Crippen LogP contribution in [0.1, 0.15) is 73.5 Å². The van der Waals surface area contributed by atoms with Crippen LogP contribution in [0.15, 0.2) is 35.3 Å². The number of carbonyl (C=O) groups is 1. The molecule has 1 amide bonds. The zero-order chi connectivity index (χ0) is 26.5. The van der Waals surface area contributed by atoms with Crippen LogP contribution in [0, 0.1) is 5.82 Å². The molecule has 1 aromatic carbocycles. The molecule has 1 saturated carbocycles. The van der Waals surface area contributed by atoms with Gasteiger partial charge in [-0.1, -0.05) is 18.2 Å². The number of alkyl halides is 2. The predicted octanol–water partition coefficient (Wildman–Crippen LogP) is 4.20. The van der Waals surface area contributed by atoms with Crippen LogP contribution in [0.3, 0.4) is 0 Å². The normalized spacial score (nSPS) is 26.7. The largest absolute Gasteiger partial charge is 0.381 e. The molecule has 200 valence electrons. The number of halogens is 3. The number of hydrogen-bond donors (Lipinski definition) is 2. The lowest BCUT2D eigenvalue weighted by atomic mass is 9.69. The third-order valence-electron chi connectivity index (χ3n) is 8.09. The van der Waals surface area contributed by atoms with Gasteiger partial charge in [0.15, 0.2) is 0 Å². The highest BCUT2D eigenvalue weighted by atomic mass is 19.3. The molecule has 2 aromatic rings. The van der Waals surface area contributed by atoms with Crippen molar-refractivity contribution >= 4 is 11.6 Å². The molecule has 0 unspecified atom stereocenters. The van der Waals surface area contributed by atoms with Crippen molar-refractivity contribution < 1.29 is 22.7 Å². The van der Waals surface area contributed by atoms with Gasteiger partial charge in [-0.25, -0.2) is 13.2 Å². The lowest BCUT2D eigenvalue weighted by Crippen LogP contribution is -2.52. The second-order valence-electron chi connectivity index (χ2n) is 11.1. The van der Waals surface area contributed by atoms with E-state index in [1.807, 2.05) is 6.92 Å². The number of pyridine rings is 1. The van der Waals surface area contributed by atoms with E-state index in [1.54, 1.807) is 17.7 Å². The van der Waals surface area contributed by atoms with Gasteiger partial charge in [-0.15, -0.1) is 0 Å². The summed E-state index contributed by atoms with van der Waals surface area (Å²) in [4.78, 5) is 29.0. The monoisotopic (exact) mass is 518 g/mol. The minimum atomic E-state index is -2.96. The Labute approximate surface area is 214 Å². The number of ether oxygens (including phenoxy) is 1. The molecular formula is C27H33F3N4O3. The number of benzene rings is 1. The van der Waals surface area contributed by atoms with Gasteiger partial charge < -0.3 is 24.8 Å². The van der Waals surface area contributed by atoms with Crippen molar-refractivity contribution in [3.05, 3.63) is 63.3 Å². The molecule has 1 aliphatic carbocycles. The van der Waals surface area contributed by atoms with Crippen LogP contribution in [0.5, 0.6) is 0 Å². The molecule has 37 heavy (non-hydrogen) atoms. The SMILES string of the molecule is C[C@@H](NC(=O)c1cn(C23COC(C)(C2)C3)c(=O)cc1NC1CCN(C)CC1)c1cccc(C(F)F)c1F. The second kappa shape index (κ2) is 9.47. The fraction of sp³-hybridized carbons (Fsp3) is 0.556. The summed E-state index contributed by atoms with van der Waals surface area (Å²) >= 11 is 0. The smallest absolute Gasteiger partial charge is 0.266 e. The molecule has 4 fully saturated rings. The molecule has 4 aliphatic rings. The summed E-state index contributed by atoms with van der Waals surface area (Å²) in [5, 5.41) is 6.14. The molecule has 3 aliphatic heterocycles. The number of piperidine rings is 1. The maximum Gasteiger partial charge on any atom is 0.266 e. The van der Waals surface area contributed by atoms with Crippen LogP contribution in [0.4, 0.5) is 18.9 Å². The summed E-state index contributed by atoms with van der Waals surface area (Å²) in [6.07, 6.45) is 1.70. The molecule has 1 atom stereocenters. The van der Waals surface area contributed by atoms with Crippen LogP contribution in [0.2, 0.25) is 0 Å². The Morgan fingerprint density at radius 2 is 1.86 bits per heavy atom. The minimum absolute atomic E-state index is 0.0261. The Bertz CT molecular complexity index is 1250. The second-order valence-corrected chi connectivity index (χ2v) is 11.1. The topological polar surface area (TPSA) is 75.6 Å². The first-order valence-electron chi connectivity index (χ1n) is 12.7. The summed E-state index contributed by atoms with van der Waals surface area (Å²) in [6.45, 7) is 5.75. The zero-order valence-corrected chi connectivity index (χ0v) is 21.3. The highest BCUT2D eigenvalue weighted by Crippen LogP contribution is 2.55. The van der Waals surface area contributed by atoms with Gasteiger partial charge >= 0.3 is 0 Å². The molecule has 2 bridgehead atoms. The van der Waals surface area contributed by atoms with Crippen molar-refractivity contribution in [3.63, 3.8) is 0 Å². The number of nitrogens with zero attached hydrogens (tertiary/aromatic N) is 2. The maximum atomic E-state index is 14.8. The highest BCUT2D eigenvalue weighted by molar-refractivity contribution is 5.99. The molecule has 6 rings (SSSR count). The van der Waals surface area contributed by atoms with Crippen LogP contribution in [-0.2, 0) is 10.3 Å². The van der Waals surface area contributed by atoms with Gasteiger partial charge in [-0.05, 0) is 46.8 Å². The number of aromatic nitrogens is 1. The van der Waals surface area contributed by atoms with Crippen molar-refractivity contribution in [1.29, 1.82) is 0 Å². The van der Waals surface area contributed by atoms with Crippen molar-refractivity contribution in [3.8, 4) is 0 Å². The Morgan fingerprint density at radius 1 is 1.19 bits per heavy atom. The van der Waals surface area contributed by atoms with Crippen molar-refractivity contribution in [2.24, 2.45) is 0 Å². The van der Waals surface area contributed by atoms with E-state index in [-0.39, 0.29) is 28.3 Å². The molecule has 0 spiro atoms. The van der Waals surface area contributed by atoms with Gasteiger partial charge in [-0.3, -0.25) is 9.59 Å². The molecule has 7 nitrogen and oxygen atoms in total. The van der Waals surface area contributed by atoms with Crippen LogP contribution in [-0.4, -0.2) is 53.8 Å². The highest BCUT2D eigenvalue weighted by Gasteiger charge is 2.61. The van der Waals surface area contributed by atoms with Crippen LogP contribution < -0.4 is 16.2 Å². The average molecular weight is 519 g/mol. The first kappa shape index (κ1) is 25.8. The molecule has 3 saturated heterocycles. The number of hydrogen-bond acceptors (Lipinski definition) is 5. The number of anilines is 1. The molecule has 2 N–H and O–H groups in total. The van der Waals surface area contributed by atoms with Crippen molar-refractivity contribution in [2.45, 2.75) is 69.2 Å². The Morgan fingerprint density at radius 3 is 2.49 bits per heavy atom. The van der Waals surface area contributed by atoms with E-state index in [4.69, 9.17) is 4.74 Å². The van der Waals surface area contributed by atoms with E-state index in [0.717, 1.165) is 32.0 Å². The van der Waals surface area contributed by atoms with E-state index in [0.29, 0.717) is 25.1 Å². The van der Waals surface area contributed by atoms with Gasteiger partial charge in [0.2, 0.25) is 0 Å². The van der Waals surface area contributed by atoms with Gasteiger partial charge in [-0.2, -0.15) is 0 Å². The first-order valence-corrected chi connectivity index (χ1v) is 12.7. The first-order chi connectivity index (χ1) is 17.5. The summed E-state index contributed by atoms with van der Waals surface area (Å²) < 4.78 is 48.6. The fourth-order valence-corrected chi connectivity index (χ4v) is 6.09. The quantitative estimate of drug-likeness (QED) is 0.575. The zero-order valence-electron chi connectivity index (χ0n) is 21.3. The van der Waals surface area contributed by atoms with Crippen molar-refractivity contribution in [2.75, 3.05) is 32.1 Å². The summed E-state index contributed by atoms with van der Waals surface area (Å²) in [5.41, 5.74) is -1.02. The Hall–Kier alpha value is -2.85. The number of nitrogens with one attached hydrogen (secondary N) is 2. The standard InChI is InChI=1S/C27H33F3N4O3/c1-16(18-5-4-6-19(23(18)28)24(29)30)31-25(36)20-12-34(27-13-26(2,14-27)37-15-27)22(35)11-21(20)32-17-7-9-33(3)10-8-17/h4-6,11-12,16-17,24,32H,7-10,13-15H2,1-3H3,(H,31,36)/t16-,26?,27?/m1/s1. The molecule has 10 heteroatoms. The Balaban J connectivity index is 1.46. The lowest BCUT2D eigenvalue weighted by Gasteiger charge is -2.43. The van der Waals surface area contributed by atoms with E-state index < -0.39 is 35.3 Å². The Kier molecular flexibility index (Phi) is 6.60. The number of carbonyl (C=O) groups excluding carboxylic acids is 1. The molecule has 4 heterocycles. The van der Waals surface area contributed by atoms with Gasteiger partial charge in [0.05, 0.1) is 40.6 Å². The van der Waals surface area contributed by atoms with E-state index in [2.05, 4.69) is 22.6 Å². The van der Waals surface area contributed by atoms with E-state index >= 15 is 0 Å². The lowest BCUT2D eigenvalue weighted by molar-refractivity contribution is 0.00538. The molecule has 1 aromatic heterocycles. The third-order valence-corrected chi connectivity index (χ3v) is 8.09. The van der Waals surface area contributed by atoms with Crippen molar-refractivity contribution in [1.82, 2.24) is 14.8 Å². The third kappa shape index (κ3) is 4.77. The van der Waals surface area contributed by atoms with E-state index in [9.17, 15) is 22.8 Å². The minimum Gasteiger partial charge on any atom is -0.381 e. The summed E-state index contributed by atoms with van der Waals surface area (Å²) in [5.74, 6) is -1.55. The molecule has 0 radical (unpaired) electrons. The average Bonchev–Trinajstić information content (AvgIpc) is 3.34. The maximum absolute atomic E-state index is 14.8. The van der Waals surface area contributed by atoms with E-state index in [1.165, 1.54) is 18.2 Å². The van der Waals surface area contributed by atoms with Crippen LogP contribution in [0.25, 0.3) is 0 Å². The molecular weight excluding hydrogens is 485 g/mol. The number of amides is 1. The fourth-order valence-electron chi connectivity index (χ4n) is 6.09. The predicted molar refractivity (Wildman–Crippen MR) is 134 cm³/mol.